The number of aliphatic imine (C=N–C) groups is 2. The van der Waals surface area contributed by atoms with Gasteiger partial charge in [0.1, 0.15) is 0 Å². The standard InChI is InChI=1S/C40H77N2O3P/c1-3-5-7-9-11-13-15-17-19-21-23-25-27-29-31-33-35-41-37-39-44-46(43)45-40-38-42-36-34-32-30-28-26-24-22-20-18-16-14-12-10-8-6-4-2/h17-20,37-38,46H,3-16,21-36,39-40H2,1-2H3/b19-17-,20-18-,41-37?,42-38?. The second kappa shape index (κ2) is 42.0. The van der Waals surface area contributed by atoms with Crippen LogP contribution >= 0.6 is 8.25 Å². The predicted molar refractivity (Wildman–Crippen MR) is 207 cm³/mol. The molecule has 0 rings (SSSR count). The van der Waals surface area contributed by atoms with Gasteiger partial charge in [-0.2, -0.15) is 0 Å². The first-order valence-electron chi connectivity index (χ1n) is 19.9. The van der Waals surface area contributed by atoms with E-state index in [2.05, 4.69) is 48.1 Å². The highest BCUT2D eigenvalue weighted by Gasteiger charge is 1.97. The first-order chi connectivity index (χ1) is 22.8. The highest BCUT2D eigenvalue weighted by Crippen LogP contribution is 2.22. The van der Waals surface area contributed by atoms with E-state index >= 15 is 0 Å². The van der Waals surface area contributed by atoms with Crippen molar-refractivity contribution in [1.82, 2.24) is 0 Å². The van der Waals surface area contributed by atoms with Gasteiger partial charge < -0.3 is 9.05 Å². The fourth-order valence-corrected chi connectivity index (χ4v) is 5.95. The number of allylic oxidation sites excluding steroid dienone is 4. The van der Waals surface area contributed by atoms with Crippen molar-refractivity contribution in [2.24, 2.45) is 9.98 Å². The van der Waals surface area contributed by atoms with Gasteiger partial charge in [0.25, 0.3) is 0 Å². The van der Waals surface area contributed by atoms with E-state index in [9.17, 15) is 4.57 Å². The van der Waals surface area contributed by atoms with Gasteiger partial charge >= 0.3 is 8.25 Å². The van der Waals surface area contributed by atoms with Crippen molar-refractivity contribution < 1.29 is 13.6 Å². The molecule has 6 heteroatoms. The number of rotatable bonds is 38. The highest BCUT2D eigenvalue weighted by molar-refractivity contribution is 7.33. The van der Waals surface area contributed by atoms with E-state index < -0.39 is 8.25 Å². The Balaban J connectivity index is 3.32. The molecule has 0 aromatic rings. The molecule has 0 heterocycles. The predicted octanol–water partition coefficient (Wildman–Crippen LogP) is 13.6. The summed E-state index contributed by atoms with van der Waals surface area (Å²) in [4.78, 5) is 8.74. The third kappa shape index (κ3) is 41.0. The molecule has 46 heavy (non-hydrogen) atoms. The molecule has 0 N–H and O–H groups in total. The Labute approximate surface area is 287 Å². The van der Waals surface area contributed by atoms with Crippen molar-refractivity contribution >= 4 is 20.7 Å². The van der Waals surface area contributed by atoms with Crippen LogP contribution in [0, 0.1) is 0 Å². The summed E-state index contributed by atoms with van der Waals surface area (Å²) in [5.41, 5.74) is 0. The molecule has 0 atom stereocenters. The van der Waals surface area contributed by atoms with Crippen molar-refractivity contribution in [3.8, 4) is 0 Å². The molecule has 0 bridgehead atoms. The quantitative estimate of drug-likeness (QED) is 0.0286. The van der Waals surface area contributed by atoms with Gasteiger partial charge in [0.2, 0.25) is 0 Å². The molecule has 0 aliphatic heterocycles. The summed E-state index contributed by atoms with van der Waals surface area (Å²) in [7, 11) is -2.48. The molecule has 0 saturated carbocycles. The Bertz CT molecular complexity index is 665. The second-order valence-corrected chi connectivity index (χ2v) is 14.0. The van der Waals surface area contributed by atoms with Crippen LogP contribution in [0.3, 0.4) is 0 Å². The molecular weight excluding hydrogens is 587 g/mol. The number of hydrogen-bond acceptors (Lipinski definition) is 5. The average molecular weight is 665 g/mol. The van der Waals surface area contributed by atoms with Gasteiger partial charge in [0.15, 0.2) is 0 Å². The lowest BCUT2D eigenvalue weighted by atomic mass is 10.1. The van der Waals surface area contributed by atoms with Crippen LogP contribution in [0.1, 0.15) is 194 Å². The number of hydrogen-bond donors (Lipinski definition) is 0. The zero-order chi connectivity index (χ0) is 33.3. The zero-order valence-electron chi connectivity index (χ0n) is 30.7. The summed E-state index contributed by atoms with van der Waals surface area (Å²) < 4.78 is 22.3. The van der Waals surface area contributed by atoms with Crippen LogP contribution in [0.15, 0.2) is 34.3 Å². The maximum atomic E-state index is 11.8. The fourth-order valence-electron chi connectivity index (χ4n) is 5.44. The Morgan fingerprint density at radius 2 is 0.696 bits per heavy atom. The monoisotopic (exact) mass is 665 g/mol. The van der Waals surface area contributed by atoms with Gasteiger partial charge in [0.05, 0.1) is 13.2 Å². The lowest BCUT2D eigenvalue weighted by Gasteiger charge is -2.01. The fraction of sp³-hybridized carbons (Fsp3) is 0.850. The summed E-state index contributed by atoms with van der Waals surface area (Å²) in [6, 6.07) is 0. The molecule has 0 aliphatic carbocycles. The molecule has 270 valence electrons. The third-order valence-electron chi connectivity index (χ3n) is 8.41. The Morgan fingerprint density at radius 1 is 0.413 bits per heavy atom. The van der Waals surface area contributed by atoms with Gasteiger partial charge in [0, 0.05) is 25.5 Å². The lowest BCUT2D eigenvalue weighted by Crippen LogP contribution is -1.94. The van der Waals surface area contributed by atoms with Crippen LogP contribution in [-0.4, -0.2) is 38.7 Å². The topological polar surface area (TPSA) is 60.2 Å². The van der Waals surface area contributed by atoms with Crippen LogP contribution in [0.4, 0.5) is 0 Å². The molecule has 0 unspecified atom stereocenters. The van der Waals surface area contributed by atoms with Gasteiger partial charge in [-0.1, -0.05) is 154 Å². The average Bonchev–Trinajstić information content (AvgIpc) is 3.06. The molecule has 0 aromatic carbocycles. The smallest absolute Gasteiger partial charge is 0.305 e. The molecule has 0 aromatic heterocycles. The molecule has 0 fully saturated rings. The summed E-state index contributed by atoms with van der Waals surface area (Å²) in [6.07, 6.45) is 49.7. The molecule has 0 saturated heterocycles. The molecule has 0 spiro atoms. The Hall–Kier alpha value is -1.03. The second-order valence-electron chi connectivity index (χ2n) is 12.9. The molecule has 0 aliphatic rings. The van der Waals surface area contributed by atoms with Crippen LogP contribution in [0.5, 0.6) is 0 Å². The van der Waals surface area contributed by atoms with Crippen LogP contribution in [-0.2, 0) is 13.6 Å². The van der Waals surface area contributed by atoms with Crippen molar-refractivity contribution in [2.75, 3.05) is 26.3 Å². The Kier molecular flexibility index (Phi) is 41.1. The van der Waals surface area contributed by atoms with E-state index in [1.165, 1.54) is 167 Å². The maximum Gasteiger partial charge on any atom is 0.319 e. The van der Waals surface area contributed by atoms with Crippen LogP contribution in [0.25, 0.3) is 0 Å². The normalized spacial score (nSPS) is 13.0. The zero-order valence-corrected chi connectivity index (χ0v) is 31.7. The van der Waals surface area contributed by atoms with Gasteiger partial charge in [-0.3, -0.25) is 14.5 Å². The molecular formula is C40H77N2O3P. The molecule has 0 radical (unpaired) electrons. The minimum atomic E-state index is -2.48. The van der Waals surface area contributed by atoms with E-state index in [4.69, 9.17) is 9.05 Å². The van der Waals surface area contributed by atoms with E-state index in [1.807, 2.05) is 0 Å². The SMILES string of the molecule is CCCCCCCC/C=C\CCCCCCCCN=CCO[PH](=O)OCC=NCCCCCCCC/C=C\CCCCCCCC. The van der Waals surface area contributed by atoms with E-state index in [0.29, 0.717) is 0 Å². The van der Waals surface area contributed by atoms with Crippen LogP contribution < -0.4 is 0 Å². The first-order valence-corrected chi connectivity index (χ1v) is 21.1. The van der Waals surface area contributed by atoms with Crippen molar-refractivity contribution in [2.45, 2.75) is 194 Å². The summed E-state index contributed by atoms with van der Waals surface area (Å²) in [5.74, 6) is 0. The van der Waals surface area contributed by atoms with E-state index in [1.54, 1.807) is 12.4 Å². The van der Waals surface area contributed by atoms with Gasteiger partial charge in [-0.05, 0) is 64.2 Å². The lowest BCUT2D eigenvalue weighted by molar-refractivity contribution is 0.274. The number of nitrogens with zero attached hydrogens (tertiary/aromatic N) is 2. The summed E-state index contributed by atoms with van der Waals surface area (Å²) in [5, 5.41) is 0. The minimum Gasteiger partial charge on any atom is -0.305 e. The number of unbranched alkanes of at least 4 members (excludes halogenated alkanes) is 24. The minimum absolute atomic E-state index is 0.247. The third-order valence-corrected chi connectivity index (χ3v) is 9.21. The van der Waals surface area contributed by atoms with Gasteiger partial charge in [-0.25, -0.2) is 0 Å². The van der Waals surface area contributed by atoms with Crippen molar-refractivity contribution in [1.29, 1.82) is 0 Å². The van der Waals surface area contributed by atoms with Crippen LogP contribution in [0.2, 0.25) is 0 Å². The van der Waals surface area contributed by atoms with Crippen molar-refractivity contribution in [3.63, 3.8) is 0 Å². The molecule has 5 nitrogen and oxygen atoms in total. The van der Waals surface area contributed by atoms with E-state index in [0.717, 1.165) is 25.9 Å². The summed E-state index contributed by atoms with van der Waals surface area (Å²) in [6.45, 7) is 6.68. The van der Waals surface area contributed by atoms with Crippen molar-refractivity contribution in [3.05, 3.63) is 24.3 Å². The largest absolute Gasteiger partial charge is 0.319 e. The highest BCUT2D eigenvalue weighted by atomic mass is 31.1. The van der Waals surface area contributed by atoms with Gasteiger partial charge in [-0.15, -0.1) is 0 Å². The Morgan fingerprint density at radius 3 is 1.02 bits per heavy atom. The maximum absolute atomic E-state index is 11.8. The van der Waals surface area contributed by atoms with E-state index in [-0.39, 0.29) is 13.2 Å². The summed E-state index contributed by atoms with van der Waals surface area (Å²) >= 11 is 0. The molecule has 0 amide bonds. The first kappa shape index (κ1) is 45.0.